The van der Waals surface area contributed by atoms with Crippen molar-refractivity contribution in [1.29, 1.82) is 0 Å². The summed E-state index contributed by atoms with van der Waals surface area (Å²) in [5.74, 6) is 0. The predicted octanol–water partition coefficient (Wildman–Crippen LogP) is 3.37. The van der Waals surface area contributed by atoms with Gasteiger partial charge in [0.05, 0.1) is 0 Å². The summed E-state index contributed by atoms with van der Waals surface area (Å²) in [5.41, 5.74) is 0.525. The average Bonchev–Trinajstić information content (AvgIpc) is 2.13. The normalized spacial score (nSPS) is 12.0. The Morgan fingerprint density at radius 1 is 1.00 bits per heavy atom. The maximum atomic E-state index is 8.79. The molecule has 0 saturated carbocycles. The van der Waals surface area contributed by atoms with Gasteiger partial charge in [0.1, 0.15) is 0 Å². The third-order valence-electron chi connectivity index (χ3n) is 3.15. The highest BCUT2D eigenvalue weighted by molar-refractivity contribution is 4.75. The minimum absolute atomic E-state index is 0.353. The van der Waals surface area contributed by atoms with E-state index in [1.165, 1.54) is 32.1 Å². The van der Waals surface area contributed by atoms with Gasteiger partial charge in [-0.15, -0.1) is 0 Å². The summed E-state index contributed by atoms with van der Waals surface area (Å²) in [7, 11) is 0. The minimum atomic E-state index is 0.353. The van der Waals surface area contributed by atoms with Crippen LogP contribution in [0.3, 0.4) is 0 Å². The van der Waals surface area contributed by atoms with E-state index in [0.29, 0.717) is 12.0 Å². The van der Waals surface area contributed by atoms with E-state index in [-0.39, 0.29) is 0 Å². The van der Waals surface area contributed by atoms with Crippen LogP contribution in [0, 0.1) is 5.41 Å². The summed E-state index contributed by atoms with van der Waals surface area (Å²) in [4.78, 5) is 0. The number of hydrogen-bond acceptors (Lipinski definition) is 1. The van der Waals surface area contributed by atoms with Crippen molar-refractivity contribution in [2.24, 2.45) is 5.41 Å². The van der Waals surface area contributed by atoms with Crippen LogP contribution in [0.25, 0.3) is 0 Å². The van der Waals surface area contributed by atoms with Crippen LogP contribution in [0.1, 0.15) is 59.3 Å². The zero-order valence-corrected chi connectivity index (χ0v) is 8.90. The Bertz CT molecular complexity index is 95.2. The maximum absolute atomic E-state index is 8.79. The third-order valence-corrected chi connectivity index (χ3v) is 3.15. The SMILES string of the molecule is CCCC(CC)(CC)CCCO. The van der Waals surface area contributed by atoms with E-state index in [2.05, 4.69) is 20.8 Å². The van der Waals surface area contributed by atoms with Crippen LogP contribution >= 0.6 is 0 Å². The van der Waals surface area contributed by atoms with Crippen molar-refractivity contribution in [3.05, 3.63) is 0 Å². The molecule has 0 aliphatic carbocycles. The molecule has 1 nitrogen and oxygen atoms in total. The van der Waals surface area contributed by atoms with E-state index >= 15 is 0 Å². The molecule has 0 heterocycles. The average molecular weight is 172 g/mol. The molecular weight excluding hydrogens is 148 g/mol. The van der Waals surface area contributed by atoms with Crippen molar-refractivity contribution in [2.45, 2.75) is 59.3 Å². The monoisotopic (exact) mass is 172 g/mol. The first-order valence-electron chi connectivity index (χ1n) is 5.35. The highest BCUT2D eigenvalue weighted by Crippen LogP contribution is 2.36. The lowest BCUT2D eigenvalue weighted by Gasteiger charge is -2.31. The van der Waals surface area contributed by atoms with Gasteiger partial charge in [-0.1, -0.05) is 40.0 Å². The van der Waals surface area contributed by atoms with Crippen LogP contribution < -0.4 is 0 Å². The molecule has 0 spiro atoms. The molecule has 0 aliphatic rings. The molecule has 74 valence electrons. The van der Waals surface area contributed by atoms with Crippen molar-refractivity contribution >= 4 is 0 Å². The van der Waals surface area contributed by atoms with Crippen molar-refractivity contribution < 1.29 is 5.11 Å². The molecule has 12 heavy (non-hydrogen) atoms. The lowest BCUT2D eigenvalue weighted by Crippen LogP contribution is -2.19. The predicted molar refractivity (Wildman–Crippen MR) is 54.2 cm³/mol. The van der Waals surface area contributed by atoms with E-state index in [1.807, 2.05) is 0 Å². The van der Waals surface area contributed by atoms with Crippen molar-refractivity contribution in [3.63, 3.8) is 0 Å². The zero-order valence-electron chi connectivity index (χ0n) is 8.90. The summed E-state index contributed by atoms with van der Waals surface area (Å²) in [6.45, 7) is 7.15. The third kappa shape index (κ3) is 3.57. The first kappa shape index (κ1) is 12.0. The van der Waals surface area contributed by atoms with Crippen LogP contribution in [-0.4, -0.2) is 11.7 Å². The molecule has 0 atom stereocenters. The van der Waals surface area contributed by atoms with E-state index in [4.69, 9.17) is 5.11 Å². The minimum Gasteiger partial charge on any atom is -0.396 e. The van der Waals surface area contributed by atoms with Crippen LogP contribution in [-0.2, 0) is 0 Å². The van der Waals surface area contributed by atoms with Crippen molar-refractivity contribution in [2.75, 3.05) is 6.61 Å². The Labute approximate surface area is 77.2 Å². The summed E-state index contributed by atoms with van der Waals surface area (Å²) < 4.78 is 0. The Morgan fingerprint density at radius 2 is 1.58 bits per heavy atom. The highest BCUT2D eigenvalue weighted by Gasteiger charge is 2.23. The smallest absolute Gasteiger partial charge is 0.0431 e. The Morgan fingerprint density at radius 3 is 1.92 bits per heavy atom. The molecule has 0 unspecified atom stereocenters. The van der Waals surface area contributed by atoms with Gasteiger partial charge in [-0.3, -0.25) is 0 Å². The molecule has 0 saturated heterocycles. The molecule has 0 fully saturated rings. The fourth-order valence-corrected chi connectivity index (χ4v) is 2.07. The molecule has 0 amide bonds. The van der Waals surface area contributed by atoms with Crippen molar-refractivity contribution in [1.82, 2.24) is 0 Å². The van der Waals surface area contributed by atoms with Crippen LogP contribution in [0.2, 0.25) is 0 Å². The van der Waals surface area contributed by atoms with E-state index in [1.54, 1.807) is 0 Å². The van der Waals surface area contributed by atoms with Crippen LogP contribution in [0.15, 0.2) is 0 Å². The molecule has 1 heteroatoms. The Balaban J connectivity index is 3.95. The summed E-state index contributed by atoms with van der Waals surface area (Å²) >= 11 is 0. The molecule has 0 aromatic rings. The number of aliphatic hydroxyl groups excluding tert-OH is 1. The van der Waals surface area contributed by atoms with Gasteiger partial charge in [0, 0.05) is 6.61 Å². The van der Waals surface area contributed by atoms with Gasteiger partial charge in [0.15, 0.2) is 0 Å². The van der Waals surface area contributed by atoms with Crippen molar-refractivity contribution in [3.8, 4) is 0 Å². The molecule has 0 rings (SSSR count). The Hall–Kier alpha value is -0.0400. The lowest BCUT2D eigenvalue weighted by molar-refractivity contribution is 0.183. The molecule has 0 aliphatic heterocycles. The second kappa shape index (κ2) is 6.47. The number of hydrogen-bond donors (Lipinski definition) is 1. The topological polar surface area (TPSA) is 20.2 Å². The lowest BCUT2D eigenvalue weighted by atomic mass is 9.75. The van der Waals surface area contributed by atoms with Gasteiger partial charge < -0.3 is 5.11 Å². The summed E-state index contributed by atoms with van der Waals surface area (Å²) in [5, 5.41) is 8.79. The van der Waals surface area contributed by atoms with Gasteiger partial charge >= 0.3 is 0 Å². The van der Waals surface area contributed by atoms with Gasteiger partial charge in [-0.2, -0.15) is 0 Å². The second-order valence-electron chi connectivity index (χ2n) is 3.78. The maximum Gasteiger partial charge on any atom is 0.0431 e. The first-order valence-corrected chi connectivity index (χ1v) is 5.35. The van der Waals surface area contributed by atoms with Gasteiger partial charge in [0.25, 0.3) is 0 Å². The molecule has 0 radical (unpaired) electrons. The van der Waals surface area contributed by atoms with E-state index in [9.17, 15) is 0 Å². The zero-order chi connectivity index (χ0) is 9.45. The fraction of sp³-hybridized carbons (Fsp3) is 1.00. The van der Waals surface area contributed by atoms with Gasteiger partial charge in [-0.05, 0) is 24.7 Å². The second-order valence-corrected chi connectivity index (χ2v) is 3.78. The highest BCUT2D eigenvalue weighted by atomic mass is 16.2. The molecule has 0 aromatic heterocycles. The number of rotatable bonds is 7. The molecule has 0 aromatic carbocycles. The molecule has 0 bridgehead atoms. The van der Waals surface area contributed by atoms with Crippen LogP contribution in [0.4, 0.5) is 0 Å². The summed E-state index contributed by atoms with van der Waals surface area (Å²) in [6, 6.07) is 0. The van der Waals surface area contributed by atoms with Crippen LogP contribution in [0.5, 0.6) is 0 Å². The first-order chi connectivity index (χ1) is 5.74. The molecule has 1 N–H and O–H groups in total. The quantitative estimate of drug-likeness (QED) is 0.624. The van der Waals surface area contributed by atoms with Gasteiger partial charge in [-0.25, -0.2) is 0 Å². The van der Waals surface area contributed by atoms with Gasteiger partial charge in [0.2, 0.25) is 0 Å². The largest absolute Gasteiger partial charge is 0.396 e. The van der Waals surface area contributed by atoms with E-state index in [0.717, 1.165) is 6.42 Å². The summed E-state index contributed by atoms with van der Waals surface area (Å²) in [6.07, 6.45) is 7.29. The number of aliphatic hydroxyl groups is 1. The fourth-order valence-electron chi connectivity index (χ4n) is 2.07. The van der Waals surface area contributed by atoms with E-state index < -0.39 is 0 Å². The standard InChI is InChI=1S/C11H24O/c1-4-8-11(5-2,6-3)9-7-10-12/h12H,4-10H2,1-3H3. The Kier molecular flexibility index (Phi) is 6.45. The molecular formula is C11H24O.